The van der Waals surface area contributed by atoms with E-state index in [1.807, 2.05) is 11.8 Å². The number of hydrogen-bond acceptors (Lipinski definition) is 3. The van der Waals surface area contributed by atoms with Gasteiger partial charge in [0.2, 0.25) is 0 Å². The van der Waals surface area contributed by atoms with E-state index in [-0.39, 0.29) is 0 Å². The zero-order valence-electron chi connectivity index (χ0n) is 11.0. The van der Waals surface area contributed by atoms with Crippen molar-refractivity contribution in [2.45, 2.75) is 45.7 Å². The second kappa shape index (κ2) is 7.17. The minimum absolute atomic E-state index is 0.607. The zero-order valence-corrected chi connectivity index (χ0v) is 11.8. The van der Waals surface area contributed by atoms with Crippen molar-refractivity contribution < 1.29 is 0 Å². The Hall–Kier alpha value is -0.220. The van der Waals surface area contributed by atoms with Gasteiger partial charge in [-0.3, -0.25) is 4.99 Å². The van der Waals surface area contributed by atoms with Gasteiger partial charge in [-0.05, 0) is 33.7 Å². The third-order valence-corrected chi connectivity index (χ3v) is 4.08. The van der Waals surface area contributed by atoms with Crippen molar-refractivity contribution in [3.05, 3.63) is 0 Å². The van der Waals surface area contributed by atoms with Crippen molar-refractivity contribution in [1.29, 1.82) is 0 Å². The van der Waals surface area contributed by atoms with Crippen LogP contribution in [0.3, 0.4) is 0 Å². The van der Waals surface area contributed by atoms with Crippen LogP contribution in [0.15, 0.2) is 4.99 Å². The van der Waals surface area contributed by atoms with E-state index in [0.717, 1.165) is 18.3 Å². The normalized spacial score (nSPS) is 24.1. The van der Waals surface area contributed by atoms with Crippen molar-refractivity contribution >= 4 is 16.9 Å². The van der Waals surface area contributed by atoms with Crippen LogP contribution >= 0.6 is 11.8 Å². The molecule has 1 aliphatic rings. The monoisotopic (exact) mass is 243 g/mol. The maximum Gasteiger partial charge on any atom is 0.156 e. The van der Waals surface area contributed by atoms with Gasteiger partial charge in [-0.15, -0.1) is 0 Å². The molecule has 0 aromatic rings. The molecule has 16 heavy (non-hydrogen) atoms. The number of likely N-dealkylation sites (N-methyl/N-ethyl adjacent to an activating group) is 1. The van der Waals surface area contributed by atoms with Crippen molar-refractivity contribution in [2.75, 3.05) is 25.9 Å². The summed E-state index contributed by atoms with van der Waals surface area (Å²) in [4.78, 5) is 6.96. The number of amidine groups is 1. The van der Waals surface area contributed by atoms with Crippen LogP contribution in [0.5, 0.6) is 0 Å². The summed E-state index contributed by atoms with van der Waals surface area (Å²) in [6.45, 7) is 8.61. The largest absolute Gasteiger partial charge is 0.362 e. The van der Waals surface area contributed by atoms with Crippen LogP contribution in [-0.4, -0.2) is 48.0 Å². The molecule has 4 heteroatoms. The molecule has 3 nitrogen and oxygen atoms in total. The van der Waals surface area contributed by atoms with Gasteiger partial charge >= 0.3 is 0 Å². The van der Waals surface area contributed by atoms with E-state index >= 15 is 0 Å². The van der Waals surface area contributed by atoms with Crippen molar-refractivity contribution in [3.8, 4) is 0 Å². The van der Waals surface area contributed by atoms with Gasteiger partial charge in [0.05, 0.1) is 6.54 Å². The van der Waals surface area contributed by atoms with Gasteiger partial charge in [0, 0.05) is 24.4 Å². The van der Waals surface area contributed by atoms with Gasteiger partial charge in [-0.1, -0.05) is 18.7 Å². The summed E-state index contributed by atoms with van der Waals surface area (Å²) in [5.41, 5.74) is 0. The Labute approximate surface area is 104 Å². The van der Waals surface area contributed by atoms with E-state index in [2.05, 4.69) is 43.0 Å². The summed E-state index contributed by atoms with van der Waals surface area (Å²) in [7, 11) is 2.15. The maximum absolute atomic E-state index is 4.63. The molecular formula is C12H25N3S. The molecule has 0 aromatic heterocycles. The topological polar surface area (TPSA) is 27.6 Å². The Morgan fingerprint density at radius 3 is 2.94 bits per heavy atom. The smallest absolute Gasteiger partial charge is 0.156 e. The van der Waals surface area contributed by atoms with E-state index in [4.69, 9.17) is 0 Å². The Kier molecular flexibility index (Phi) is 6.21. The molecule has 0 radical (unpaired) electrons. The maximum atomic E-state index is 4.63. The van der Waals surface area contributed by atoms with E-state index < -0.39 is 0 Å². The molecule has 1 heterocycles. The van der Waals surface area contributed by atoms with Crippen molar-refractivity contribution in [2.24, 2.45) is 4.99 Å². The summed E-state index contributed by atoms with van der Waals surface area (Å²) < 4.78 is 0. The quantitative estimate of drug-likeness (QED) is 0.802. The predicted octanol–water partition coefficient (Wildman–Crippen LogP) is 2.19. The highest BCUT2D eigenvalue weighted by atomic mass is 32.2. The SMILES string of the molecule is CCC1CCSC(=NCCN(C)C(C)C)N1. The number of rotatable bonds is 5. The van der Waals surface area contributed by atoms with Crippen LogP contribution < -0.4 is 5.32 Å². The lowest BCUT2D eigenvalue weighted by Gasteiger charge is -2.25. The molecule has 0 amide bonds. The first-order valence-electron chi connectivity index (χ1n) is 6.27. The predicted molar refractivity (Wildman–Crippen MR) is 74.4 cm³/mol. The summed E-state index contributed by atoms with van der Waals surface area (Å²) in [6.07, 6.45) is 2.47. The molecule has 0 aromatic carbocycles. The van der Waals surface area contributed by atoms with E-state index in [9.17, 15) is 0 Å². The molecule has 94 valence electrons. The first kappa shape index (κ1) is 13.8. The van der Waals surface area contributed by atoms with Gasteiger partial charge in [-0.2, -0.15) is 0 Å². The van der Waals surface area contributed by atoms with Crippen LogP contribution in [-0.2, 0) is 0 Å². The highest BCUT2D eigenvalue weighted by Crippen LogP contribution is 2.15. The fraction of sp³-hybridized carbons (Fsp3) is 0.917. The van der Waals surface area contributed by atoms with Gasteiger partial charge in [0.1, 0.15) is 0 Å². The number of thioether (sulfide) groups is 1. The van der Waals surface area contributed by atoms with Gasteiger partial charge in [0.15, 0.2) is 5.17 Å². The minimum Gasteiger partial charge on any atom is -0.362 e. The Morgan fingerprint density at radius 1 is 1.56 bits per heavy atom. The summed E-state index contributed by atoms with van der Waals surface area (Å²) >= 11 is 1.86. The lowest BCUT2D eigenvalue weighted by Crippen LogP contribution is -2.38. The first-order chi connectivity index (χ1) is 7.63. The average molecular weight is 243 g/mol. The Balaban J connectivity index is 2.28. The molecule has 1 saturated heterocycles. The lowest BCUT2D eigenvalue weighted by molar-refractivity contribution is 0.282. The van der Waals surface area contributed by atoms with Crippen LogP contribution in [0.25, 0.3) is 0 Å². The fourth-order valence-electron chi connectivity index (χ4n) is 1.55. The number of nitrogens with one attached hydrogen (secondary N) is 1. The van der Waals surface area contributed by atoms with Crippen LogP contribution in [0.2, 0.25) is 0 Å². The third-order valence-electron chi connectivity index (χ3n) is 3.12. The zero-order chi connectivity index (χ0) is 12.0. The summed E-state index contributed by atoms with van der Waals surface area (Å²) in [5.74, 6) is 1.21. The fourth-order valence-corrected chi connectivity index (χ4v) is 2.58. The second-order valence-electron chi connectivity index (χ2n) is 4.65. The molecule has 0 saturated carbocycles. The van der Waals surface area contributed by atoms with E-state index in [1.54, 1.807) is 0 Å². The number of hydrogen-bond donors (Lipinski definition) is 1. The molecule has 0 spiro atoms. The molecule has 1 N–H and O–H groups in total. The molecule has 1 atom stereocenters. The summed E-state index contributed by atoms with van der Waals surface area (Å²) in [6, 6.07) is 1.25. The highest BCUT2D eigenvalue weighted by molar-refractivity contribution is 8.13. The minimum atomic E-state index is 0.607. The van der Waals surface area contributed by atoms with Crippen molar-refractivity contribution in [3.63, 3.8) is 0 Å². The third kappa shape index (κ3) is 4.74. The molecule has 1 unspecified atom stereocenters. The highest BCUT2D eigenvalue weighted by Gasteiger charge is 2.15. The van der Waals surface area contributed by atoms with Gasteiger partial charge in [0.25, 0.3) is 0 Å². The lowest BCUT2D eigenvalue weighted by atomic mass is 10.2. The van der Waals surface area contributed by atoms with Gasteiger partial charge in [-0.25, -0.2) is 0 Å². The average Bonchev–Trinajstić information content (AvgIpc) is 2.29. The molecule has 1 aliphatic heterocycles. The number of aliphatic imine (C=N–C) groups is 1. The van der Waals surface area contributed by atoms with Crippen LogP contribution in [0.4, 0.5) is 0 Å². The van der Waals surface area contributed by atoms with Crippen LogP contribution in [0, 0.1) is 0 Å². The molecular weight excluding hydrogens is 218 g/mol. The van der Waals surface area contributed by atoms with E-state index in [1.165, 1.54) is 18.6 Å². The molecule has 0 aliphatic carbocycles. The Bertz CT molecular complexity index is 228. The van der Waals surface area contributed by atoms with Crippen molar-refractivity contribution in [1.82, 2.24) is 10.2 Å². The van der Waals surface area contributed by atoms with Gasteiger partial charge < -0.3 is 10.2 Å². The molecule has 1 fully saturated rings. The number of nitrogens with zero attached hydrogens (tertiary/aromatic N) is 2. The van der Waals surface area contributed by atoms with Crippen LogP contribution in [0.1, 0.15) is 33.6 Å². The summed E-state index contributed by atoms with van der Waals surface area (Å²) in [5, 5.41) is 4.65. The standard InChI is InChI=1S/C12H25N3S/c1-5-11-6-9-16-12(14-11)13-7-8-15(4)10(2)3/h10-11H,5-9H2,1-4H3,(H,13,14). The molecule has 1 rings (SSSR count). The first-order valence-corrected chi connectivity index (χ1v) is 7.26. The van der Waals surface area contributed by atoms with E-state index in [0.29, 0.717) is 12.1 Å². The molecule has 0 bridgehead atoms. The Morgan fingerprint density at radius 2 is 2.31 bits per heavy atom. The second-order valence-corrected chi connectivity index (χ2v) is 5.73.